The van der Waals surface area contributed by atoms with Gasteiger partial charge in [-0.15, -0.1) is 0 Å². The standard InChI is InChI=1S/C41H68O10S2Si2/c1-11-44-54(45-12-2,46-13-3)29-17-27-52-31-33(7)39(42)50-37-23-19-35(20-24-37)41(9,10)36-21-25-38(26-22-36)51-40(43)34(8)32-53-28-18-30-55(47-14-4,48-15-5)49-16-6/h19-26,33-34H,11-18,27-32H2,1-10H3. The van der Waals surface area contributed by atoms with Crippen molar-refractivity contribution in [2.75, 3.05) is 62.7 Å². The number of hydrogen-bond acceptors (Lipinski definition) is 12. The molecule has 2 aromatic carbocycles. The van der Waals surface area contributed by atoms with Crippen molar-refractivity contribution in [3.63, 3.8) is 0 Å². The van der Waals surface area contributed by atoms with Crippen LogP contribution in [0.2, 0.25) is 12.1 Å². The van der Waals surface area contributed by atoms with Crippen molar-refractivity contribution in [1.29, 1.82) is 0 Å². The van der Waals surface area contributed by atoms with Gasteiger partial charge in [0, 0.05) is 68.7 Å². The van der Waals surface area contributed by atoms with Gasteiger partial charge in [0.2, 0.25) is 0 Å². The van der Waals surface area contributed by atoms with Gasteiger partial charge in [0.25, 0.3) is 0 Å². The largest absolute Gasteiger partial charge is 0.500 e. The first kappa shape index (κ1) is 49.4. The maximum atomic E-state index is 12.9. The second-order valence-electron chi connectivity index (χ2n) is 13.6. The predicted molar refractivity (Wildman–Crippen MR) is 229 cm³/mol. The minimum atomic E-state index is -2.64. The molecule has 0 saturated carbocycles. The summed E-state index contributed by atoms with van der Waals surface area (Å²) in [4.78, 5) is 25.8. The maximum absolute atomic E-state index is 12.9. The van der Waals surface area contributed by atoms with Crippen molar-refractivity contribution in [2.24, 2.45) is 11.8 Å². The first-order valence-corrected chi connectivity index (χ1v) is 26.2. The molecule has 0 aliphatic heterocycles. The molecule has 0 N–H and O–H groups in total. The number of benzene rings is 2. The van der Waals surface area contributed by atoms with Crippen molar-refractivity contribution >= 4 is 53.1 Å². The molecular formula is C41H68O10S2Si2. The van der Waals surface area contributed by atoms with Gasteiger partial charge in [-0.3, -0.25) is 9.59 Å². The van der Waals surface area contributed by atoms with E-state index in [1.54, 1.807) is 23.5 Å². The maximum Gasteiger partial charge on any atom is 0.500 e. The Morgan fingerprint density at radius 1 is 0.545 bits per heavy atom. The Kier molecular flexibility index (Phi) is 23.6. The van der Waals surface area contributed by atoms with E-state index >= 15 is 0 Å². The molecule has 0 aliphatic rings. The molecule has 0 bridgehead atoms. The van der Waals surface area contributed by atoms with Crippen LogP contribution in [0.3, 0.4) is 0 Å². The highest BCUT2D eigenvalue weighted by Crippen LogP contribution is 2.34. The third-order valence-electron chi connectivity index (χ3n) is 8.86. The number of esters is 2. The summed E-state index contributed by atoms with van der Waals surface area (Å²) in [6.07, 6.45) is 1.79. The Bertz CT molecular complexity index is 1230. The molecule has 2 atom stereocenters. The van der Waals surface area contributed by atoms with Crippen LogP contribution in [-0.2, 0) is 41.6 Å². The monoisotopic (exact) mass is 840 g/mol. The fraction of sp³-hybridized carbons (Fsp3) is 0.659. The normalized spacial score (nSPS) is 13.4. The molecular weight excluding hydrogens is 773 g/mol. The van der Waals surface area contributed by atoms with E-state index < -0.39 is 17.6 Å². The zero-order valence-corrected chi connectivity index (χ0v) is 38.7. The minimum Gasteiger partial charge on any atom is -0.426 e. The highest BCUT2D eigenvalue weighted by molar-refractivity contribution is 7.99. The van der Waals surface area contributed by atoms with Crippen molar-refractivity contribution in [1.82, 2.24) is 0 Å². The van der Waals surface area contributed by atoms with Gasteiger partial charge in [-0.1, -0.05) is 52.0 Å². The summed E-state index contributed by atoms with van der Waals surface area (Å²) in [5, 5.41) is 0. The number of thioether (sulfide) groups is 2. The second kappa shape index (κ2) is 26.3. The molecule has 0 spiro atoms. The molecule has 0 aromatic heterocycles. The van der Waals surface area contributed by atoms with Crippen molar-refractivity contribution in [3.05, 3.63) is 59.7 Å². The van der Waals surface area contributed by atoms with E-state index in [1.807, 2.05) is 104 Å². The molecule has 312 valence electrons. The fourth-order valence-corrected chi connectivity index (χ4v) is 13.7. The summed E-state index contributed by atoms with van der Waals surface area (Å²) in [5.74, 6) is 3.16. The second-order valence-corrected chi connectivity index (χ2v) is 21.4. The Labute approximate surface area is 342 Å². The van der Waals surface area contributed by atoms with Crippen molar-refractivity contribution in [2.45, 2.75) is 99.6 Å². The van der Waals surface area contributed by atoms with E-state index in [0.29, 0.717) is 62.6 Å². The zero-order chi connectivity index (χ0) is 40.7. The van der Waals surface area contributed by atoms with E-state index in [1.165, 1.54) is 0 Å². The lowest BCUT2D eigenvalue weighted by atomic mass is 9.78. The first-order chi connectivity index (χ1) is 26.3. The van der Waals surface area contributed by atoms with E-state index in [2.05, 4.69) is 13.8 Å². The molecule has 0 fully saturated rings. The predicted octanol–water partition coefficient (Wildman–Crippen LogP) is 9.44. The van der Waals surface area contributed by atoms with Crippen LogP contribution in [0.4, 0.5) is 0 Å². The van der Waals surface area contributed by atoms with Crippen molar-refractivity contribution in [3.8, 4) is 11.5 Å². The number of hydrogen-bond donors (Lipinski definition) is 0. The number of rotatable bonds is 30. The topological polar surface area (TPSA) is 108 Å². The van der Waals surface area contributed by atoms with Crippen LogP contribution < -0.4 is 9.47 Å². The average molecular weight is 841 g/mol. The highest BCUT2D eigenvalue weighted by atomic mass is 32.2. The van der Waals surface area contributed by atoms with E-state index in [9.17, 15) is 9.59 Å². The molecule has 2 rings (SSSR count). The van der Waals surface area contributed by atoms with Gasteiger partial charge >= 0.3 is 29.5 Å². The fourth-order valence-electron chi connectivity index (χ4n) is 5.92. The minimum absolute atomic E-state index is 0.246. The lowest BCUT2D eigenvalue weighted by molar-refractivity contribution is -0.138. The van der Waals surface area contributed by atoms with Crippen LogP contribution in [0.25, 0.3) is 0 Å². The smallest absolute Gasteiger partial charge is 0.426 e. The Hall–Kier alpha value is -1.73. The number of carbonyl (C=O) groups excluding carboxylic acids is 2. The lowest BCUT2D eigenvalue weighted by Crippen LogP contribution is -2.46. The molecule has 2 unspecified atom stereocenters. The van der Waals surface area contributed by atoms with Crippen LogP contribution in [-0.4, -0.2) is 92.2 Å². The molecule has 0 heterocycles. The third kappa shape index (κ3) is 17.0. The molecule has 0 radical (unpaired) electrons. The Morgan fingerprint density at radius 3 is 1.11 bits per heavy atom. The molecule has 2 aromatic rings. The van der Waals surface area contributed by atoms with Gasteiger partial charge in [0.1, 0.15) is 11.5 Å². The summed E-state index contributed by atoms with van der Waals surface area (Å²) in [5.41, 5.74) is 1.81. The Balaban J connectivity index is 1.83. The van der Waals surface area contributed by atoms with Crippen molar-refractivity contribution < 1.29 is 45.6 Å². The van der Waals surface area contributed by atoms with Crippen LogP contribution in [0.1, 0.15) is 93.2 Å². The molecule has 0 saturated heterocycles. The van der Waals surface area contributed by atoms with Gasteiger partial charge in [-0.05, 0) is 101 Å². The molecule has 55 heavy (non-hydrogen) atoms. The van der Waals surface area contributed by atoms with Crippen LogP contribution in [0.15, 0.2) is 48.5 Å². The quantitative estimate of drug-likeness (QED) is 0.0324. The van der Waals surface area contributed by atoms with E-state index in [-0.39, 0.29) is 29.2 Å². The first-order valence-electron chi connectivity index (χ1n) is 20.0. The molecule has 0 aliphatic carbocycles. The van der Waals surface area contributed by atoms with Crippen LogP contribution in [0, 0.1) is 11.8 Å². The zero-order valence-electron chi connectivity index (χ0n) is 35.1. The number of ether oxygens (including phenoxy) is 2. The van der Waals surface area contributed by atoms with Gasteiger partial charge in [-0.25, -0.2) is 0 Å². The third-order valence-corrected chi connectivity index (χ3v) is 17.8. The lowest BCUT2D eigenvalue weighted by Gasteiger charge is -2.28. The van der Waals surface area contributed by atoms with Gasteiger partial charge in [-0.2, -0.15) is 23.5 Å². The van der Waals surface area contributed by atoms with Gasteiger partial charge in [0.15, 0.2) is 0 Å². The van der Waals surface area contributed by atoms with E-state index in [4.69, 9.17) is 36.0 Å². The number of carbonyl (C=O) groups is 2. The van der Waals surface area contributed by atoms with Crippen LogP contribution in [0.5, 0.6) is 11.5 Å². The highest BCUT2D eigenvalue weighted by Gasteiger charge is 2.40. The summed E-state index contributed by atoms with van der Waals surface area (Å²) < 4.78 is 47.1. The summed E-state index contributed by atoms with van der Waals surface area (Å²) in [6, 6.07) is 16.9. The SMILES string of the molecule is CCO[Si](CCCSCC(C)C(=O)Oc1ccc(C(C)(C)c2ccc(OC(=O)C(C)CSCCC[Si](OCC)(OCC)OCC)cc2)cc1)(OCC)OCC. The molecule has 14 heteroatoms. The van der Waals surface area contributed by atoms with Crippen LogP contribution >= 0.6 is 23.5 Å². The van der Waals surface area contributed by atoms with Gasteiger partial charge < -0.3 is 36.0 Å². The summed E-state index contributed by atoms with van der Waals surface area (Å²) in [7, 11) is -5.29. The van der Waals surface area contributed by atoms with E-state index in [0.717, 1.165) is 47.6 Å². The van der Waals surface area contributed by atoms with Gasteiger partial charge in [0.05, 0.1) is 11.8 Å². The molecule has 10 nitrogen and oxygen atoms in total. The summed E-state index contributed by atoms with van der Waals surface area (Å²) in [6.45, 7) is 23.3. The molecule has 0 amide bonds. The average Bonchev–Trinajstić information content (AvgIpc) is 3.15. The Morgan fingerprint density at radius 2 is 0.836 bits per heavy atom. The summed E-state index contributed by atoms with van der Waals surface area (Å²) >= 11 is 3.46.